The molecule has 18 heavy (non-hydrogen) atoms. The van der Waals surface area contributed by atoms with Gasteiger partial charge in [-0.25, -0.2) is 0 Å². The van der Waals surface area contributed by atoms with E-state index in [1.165, 1.54) is 5.56 Å². The first-order valence-electron chi connectivity index (χ1n) is 6.52. The molecule has 1 nitrogen and oxygen atoms in total. The average Bonchev–Trinajstić information content (AvgIpc) is 2.33. The lowest BCUT2D eigenvalue weighted by Crippen LogP contribution is -2.11. The molecule has 1 rings (SSSR count). The van der Waals surface area contributed by atoms with Crippen LogP contribution in [0.15, 0.2) is 24.3 Å². The Balaban J connectivity index is 2.57. The lowest BCUT2D eigenvalue weighted by molar-refractivity contribution is 0.0979. The van der Waals surface area contributed by atoms with Gasteiger partial charge in [0, 0.05) is 18.4 Å². The Morgan fingerprint density at radius 1 is 1.17 bits per heavy atom. The number of carbonyl (C=O) groups excluding carboxylic acids is 1. The van der Waals surface area contributed by atoms with E-state index in [1.54, 1.807) is 0 Å². The normalized spacial score (nSPS) is 11.0. The molecule has 96 valence electrons. The van der Waals surface area contributed by atoms with Crippen LogP contribution in [0.2, 0.25) is 0 Å². The van der Waals surface area contributed by atoms with Crippen molar-refractivity contribution in [2.75, 3.05) is 0 Å². The predicted octanol–water partition coefficient (Wildman–Crippen LogP) is 4.36. The molecule has 0 atom stereocenters. The van der Waals surface area contributed by atoms with Gasteiger partial charge in [-0.1, -0.05) is 45.0 Å². The zero-order valence-corrected chi connectivity index (χ0v) is 11.6. The third-order valence-corrected chi connectivity index (χ3v) is 3.05. The first-order valence-corrected chi connectivity index (χ1v) is 6.52. The fraction of sp³-hybridized carbons (Fsp3) is 0.471. The topological polar surface area (TPSA) is 17.1 Å². The molecule has 0 amide bonds. The zero-order chi connectivity index (χ0) is 13.6. The summed E-state index contributed by atoms with van der Waals surface area (Å²) in [6.07, 6.45) is 8.34. The van der Waals surface area contributed by atoms with Gasteiger partial charge in [-0.2, -0.15) is 0 Å². The molecule has 0 radical (unpaired) electrons. The highest BCUT2D eigenvalue weighted by atomic mass is 16.1. The van der Waals surface area contributed by atoms with Crippen LogP contribution >= 0.6 is 0 Å². The summed E-state index contributed by atoms with van der Waals surface area (Å²) in [5, 5.41) is 0. The third kappa shape index (κ3) is 4.37. The number of Topliss-reactive ketones (excluding diaryl/α,β-unsaturated/α-hetero) is 1. The van der Waals surface area contributed by atoms with Gasteiger partial charge < -0.3 is 0 Å². The minimum absolute atomic E-state index is 0.133. The summed E-state index contributed by atoms with van der Waals surface area (Å²) in [7, 11) is 0. The minimum atomic E-state index is 0.133. The summed E-state index contributed by atoms with van der Waals surface area (Å²) in [4.78, 5) is 11.9. The van der Waals surface area contributed by atoms with E-state index < -0.39 is 0 Å². The SMILES string of the molecule is C#CCCCCC(=O)c1ccc(C(C)(C)C)cc1. The van der Waals surface area contributed by atoms with Crippen LogP contribution in [0.25, 0.3) is 0 Å². The second kappa shape index (κ2) is 6.40. The highest BCUT2D eigenvalue weighted by Crippen LogP contribution is 2.22. The van der Waals surface area contributed by atoms with E-state index in [1.807, 2.05) is 12.1 Å². The summed E-state index contributed by atoms with van der Waals surface area (Å²) in [5.74, 6) is 2.81. The van der Waals surface area contributed by atoms with Crippen molar-refractivity contribution >= 4 is 5.78 Å². The van der Waals surface area contributed by atoms with Crippen molar-refractivity contribution in [3.8, 4) is 12.3 Å². The number of hydrogen-bond donors (Lipinski definition) is 0. The largest absolute Gasteiger partial charge is 0.294 e. The maximum atomic E-state index is 11.9. The Morgan fingerprint density at radius 3 is 2.28 bits per heavy atom. The number of unbranched alkanes of at least 4 members (excludes halogenated alkanes) is 2. The van der Waals surface area contributed by atoms with Crippen molar-refractivity contribution in [3.63, 3.8) is 0 Å². The summed E-state index contributed by atoms with van der Waals surface area (Å²) < 4.78 is 0. The van der Waals surface area contributed by atoms with Crippen molar-refractivity contribution in [1.82, 2.24) is 0 Å². The molecular formula is C17H22O. The Labute approximate surface area is 111 Å². The van der Waals surface area contributed by atoms with E-state index in [4.69, 9.17) is 6.42 Å². The zero-order valence-electron chi connectivity index (χ0n) is 11.6. The van der Waals surface area contributed by atoms with Crippen LogP contribution in [-0.2, 0) is 5.41 Å². The van der Waals surface area contributed by atoms with Crippen LogP contribution in [0, 0.1) is 12.3 Å². The van der Waals surface area contributed by atoms with Gasteiger partial charge >= 0.3 is 0 Å². The van der Waals surface area contributed by atoms with Crippen molar-refractivity contribution in [2.45, 2.75) is 51.9 Å². The second-order valence-electron chi connectivity index (χ2n) is 5.66. The standard InChI is InChI=1S/C17H22O/c1-5-6-7-8-9-16(18)14-10-12-15(13-11-14)17(2,3)4/h1,10-13H,6-9H2,2-4H3. The number of benzene rings is 1. The van der Waals surface area contributed by atoms with Crippen LogP contribution in [0.4, 0.5) is 0 Å². The van der Waals surface area contributed by atoms with E-state index in [2.05, 4.69) is 38.8 Å². The van der Waals surface area contributed by atoms with Crippen LogP contribution in [-0.4, -0.2) is 5.78 Å². The molecule has 0 unspecified atom stereocenters. The molecule has 0 aliphatic rings. The molecule has 1 aromatic carbocycles. The number of ketones is 1. The highest BCUT2D eigenvalue weighted by molar-refractivity contribution is 5.96. The van der Waals surface area contributed by atoms with Gasteiger partial charge in [-0.3, -0.25) is 4.79 Å². The Kier molecular flexibility index (Phi) is 5.16. The first kappa shape index (κ1) is 14.5. The fourth-order valence-corrected chi connectivity index (χ4v) is 1.81. The molecule has 0 fully saturated rings. The molecule has 0 spiro atoms. The first-order chi connectivity index (χ1) is 8.45. The van der Waals surface area contributed by atoms with Crippen molar-refractivity contribution in [2.24, 2.45) is 0 Å². The summed E-state index contributed by atoms with van der Waals surface area (Å²) in [5.41, 5.74) is 2.20. The van der Waals surface area contributed by atoms with E-state index in [-0.39, 0.29) is 11.2 Å². The molecule has 0 aliphatic heterocycles. The van der Waals surface area contributed by atoms with E-state index in [9.17, 15) is 4.79 Å². The quantitative estimate of drug-likeness (QED) is 0.426. The van der Waals surface area contributed by atoms with E-state index >= 15 is 0 Å². The monoisotopic (exact) mass is 242 g/mol. The lowest BCUT2D eigenvalue weighted by atomic mass is 9.86. The van der Waals surface area contributed by atoms with Crippen LogP contribution < -0.4 is 0 Å². The van der Waals surface area contributed by atoms with Gasteiger partial charge in [-0.15, -0.1) is 12.3 Å². The minimum Gasteiger partial charge on any atom is -0.294 e. The Morgan fingerprint density at radius 2 is 1.78 bits per heavy atom. The van der Waals surface area contributed by atoms with Crippen LogP contribution in [0.1, 0.15) is 62.4 Å². The fourth-order valence-electron chi connectivity index (χ4n) is 1.81. The lowest BCUT2D eigenvalue weighted by Gasteiger charge is -2.18. The van der Waals surface area contributed by atoms with Gasteiger partial charge in [0.1, 0.15) is 0 Å². The number of hydrogen-bond acceptors (Lipinski definition) is 1. The van der Waals surface area contributed by atoms with Gasteiger partial charge in [0.15, 0.2) is 5.78 Å². The Bertz CT molecular complexity index is 426. The predicted molar refractivity (Wildman–Crippen MR) is 76.8 cm³/mol. The number of terminal acetylenes is 1. The van der Waals surface area contributed by atoms with E-state index in [0.29, 0.717) is 6.42 Å². The molecular weight excluding hydrogens is 220 g/mol. The molecule has 0 N–H and O–H groups in total. The maximum Gasteiger partial charge on any atom is 0.162 e. The Hall–Kier alpha value is -1.55. The van der Waals surface area contributed by atoms with Crippen molar-refractivity contribution < 1.29 is 4.79 Å². The van der Waals surface area contributed by atoms with Crippen LogP contribution in [0.3, 0.4) is 0 Å². The van der Waals surface area contributed by atoms with Crippen molar-refractivity contribution in [1.29, 1.82) is 0 Å². The molecule has 0 heterocycles. The molecule has 1 heteroatoms. The molecule has 1 aromatic rings. The van der Waals surface area contributed by atoms with E-state index in [0.717, 1.165) is 24.8 Å². The average molecular weight is 242 g/mol. The molecule has 0 saturated heterocycles. The molecule has 0 saturated carbocycles. The smallest absolute Gasteiger partial charge is 0.162 e. The molecule has 0 aliphatic carbocycles. The summed E-state index contributed by atoms with van der Waals surface area (Å²) in [6.45, 7) is 6.51. The summed E-state index contributed by atoms with van der Waals surface area (Å²) in [6, 6.07) is 7.97. The number of rotatable bonds is 5. The van der Waals surface area contributed by atoms with Gasteiger partial charge in [-0.05, 0) is 23.8 Å². The van der Waals surface area contributed by atoms with Crippen molar-refractivity contribution in [3.05, 3.63) is 35.4 Å². The van der Waals surface area contributed by atoms with Crippen LogP contribution in [0.5, 0.6) is 0 Å². The molecule has 0 bridgehead atoms. The third-order valence-electron chi connectivity index (χ3n) is 3.05. The van der Waals surface area contributed by atoms with Gasteiger partial charge in [0.05, 0.1) is 0 Å². The van der Waals surface area contributed by atoms with Gasteiger partial charge in [0.2, 0.25) is 0 Å². The highest BCUT2D eigenvalue weighted by Gasteiger charge is 2.14. The molecule has 0 aromatic heterocycles. The number of carbonyl (C=O) groups is 1. The maximum absolute atomic E-state index is 11.9. The summed E-state index contributed by atoms with van der Waals surface area (Å²) >= 11 is 0. The van der Waals surface area contributed by atoms with Gasteiger partial charge in [0.25, 0.3) is 0 Å². The second-order valence-corrected chi connectivity index (χ2v) is 5.66.